The number of nitrogens with zero attached hydrogens (tertiary/aromatic N) is 1. The van der Waals surface area contributed by atoms with E-state index in [2.05, 4.69) is 30.4 Å². The molecule has 3 amide bonds. The van der Waals surface area contributed by atoms with Gasteiger partial charge in [-0.1, -0.05) is 18.7 Å². The normalized spacial score (nSPS) is 10.7. The zero-order valence-electron chi connectivity index (χ0n) is 18.1. The molecule has 0 saturated carbocycles. The lowest BCUT2D eigenvalue weighted by Crippen LogP contribution is -2.36. The van der Waals surface area contributed by atoms with E-state index in [4.69, 9.17) is 4.74 Å². The van der Waals surface area contributed by atoms with Crippen LogP contribution in [0.5, 0.6) is 5.75 Å². The number of carbonyl (C=O) groups is 3. The number of anilines is 2. The van der Waals surface area contributed by atoms with Crippen molar-refractivity contribution < 1.29 is 28.6 Å². The zero-order chi connectivity index (χ0) is 23.5. The van der Waals surface area contributed by atoms with Crippen LogP contribution in [0.2, 0.25) is 0 Å². The number of hydrogen-bond donors (Lipinski definition) is 3. The summed E-state index contributed by atoms with van der Waals surface area (Å²) in [6.45, 7) is 1.72. The molecule has 32 heavy (non-hydrogen) atoms. The van der Waals surface area contributed by atoms with Gasteiger partial charge in [-0.25, -0.2) is 9.59 Å². The third kappa shape index (κ3) is 7.51. The van der Waals surface area contributed by atoms with E-state index in [1.165, 1.54) is 18.9 Å². The van der Waals surface area contributed by atoms with E-state index in [-0.39, 0.29) is 18.3 Å². The van der Waals surface area contributed by atoms with Gasteiger partial charge in [0, 0.05) is 16.2 Å². The minimum Gasteiger partial charge on any atom is -0.497 e. The van der Waals surface area contributed by atoms with Crippen molar-refractivity contribution in [2.45, 2.75) is 23.1 Å². The van der Waals surface area contributed by atoms with Gasteiger partial charge in [-0.15, -0.1) is 4.99 Å². The van der Waals surface area contributed by atoms with Crippen LogP contribution in [0.15, 0.2) is 57.2 Å². The van der Waals surface area contributed by atoms with Gasteiger partial charge < -0.3 is 24.8 Å². The molecule has 0 fully saturated rings. The molecule has 10 nitrogen and oxygen atoms in total. The third-order valence-corrected chi connectivity index (χ3v) is 4.92. The molecule has 0 bridgehead atoms. The van der Waals surface area contributed by atoms with Gasteiger partial charge >= 0.3 is 12.2 Å². The molecule has 2 aromatic rings. The Balaban J connectivity index is 2.38. The second-order valence-corrected chi connectivity index (χ2v) is 7.21. The number of benzene rings is 2. The molecule has 0 atom stereocenters. The Labute approximate surface area is 189 Å². The number of rotatable bonds is 6. The standard InChI is InChI=1S/C21H24N4O6S/c1-5-18(26)22-16-11-10-15(32-14-8-6-13(29-2)7-9-14)12-17(16)23-19(24-20(27)30-3)25-21(28)31-4/h6-12H,5H2,1-4H3,(H,22,26)(H2,23,24,25,27,28). The monoisotopic (exact) mass is 460 g/mol. The second-order valence-electron chi connectivity index (χ2n) is 6.06. The highest BCUT2D eigenvalue weighted by atomic mass is 32.2. The SMILES string of the molecule is CCC(=O)Nc1ccc(Sc2ccc(OC)cc2)cc1NC(=NC(=O)OC)NC(=O)OC. The molecular weight excluding hydrogens is 436 g/mol. The molecular formula is C21H24N4O6S. The summed E-state index contributed by atoms with van der Waals surface area (Å²) >= 11 is 1.47. The number of nitrogens with one attached hydrogen (secondary N) is 3. The Bertz CT molecular complexity index is 994. The Hall–Kier alpha value is -3.73. The number of methoxy groups -OCH3 is 3. The van der Waals surface area contributed by atoms with Gasteiger partial charge in [0.25, 0.3) is 0 Å². The smallest absolute Gasteiger partial charge is 0.436 e. The van der Waals surface area contributed by atoms with Crippen molar-refractivity contribution in [3.05, 3.63) is 42.5 Å². The Morgan fingerprint density at radius 3 is 2.19 bits per heavy atom. The lowest BCUT2D eigenvalue weighted by atomic mass is 10.2. The lowest BCUT2D eigenvalue weighted by Gasteiger charge is -2.16. The fourth-order valence-corrected chi connectivity index (χ4v) is 3.17. The first kappa shape index (κ1) is 24.5. The van der Waals surface area contributed by atoms with E-state index < -0.39 is 12.2 Å². The summed E-state index contributed by atoms with van der Waals surface area (Å²) in [7, 11) is 3.92. The number of aliphatic imine (C=N–C) groups is 1. The van der Waals surface area contributed by atoms with Crippen LogP contribution in [0, 0.1) is 0 Å². The summed E-state index contributed by atoms with van der Waals surface area (Å²) < 4.78 is 14.3. The first-order valence-electron chi connectivity index (χ1n) is 9.43. The van der Waals surface area contributed by atoms with E-state index in [0.717, 1.165) is 22.7 Å². The number of guanidine groups is 1. The van der Waals surface area contributed by atoms with Crippen molar-refractivity contribution in [1.29, 1.82) is 0 Å². The molecule has 0 radical (unpaired) electrons. The van der Waals surface area contributed by atoms with E-state index >= 15 is 0 Å². The summed E-state index contributed by atoms with van der Waals surface area (Å²) in [5, 5.41) is 7.91. The number of alkyl carbamates (subject to hydrolysis) is 1. The highest BCUT2D eigenvalue weighted by Crippen LogP contribution is 2.34. The molecule has 0 aromatic heterocycles. The molecule has 0 heterocycles. The zero-order valence-corrected chi connectivity index (χ0v) is 18.9. The van der Waals surface area contributed by atoms with Crippen LogP contribution in [-0.4, -0.2) is 45.4 Å². The van der Waals surface area contributed by atoms with Crippen LogP contribution < -0.4 is 20.7 Å². The van der Waals surface area contributed by atoms with Crippen LogP contribution >= 0.6 is 11.8 Å². The third-order valence-electron chi connectivity index (χ3n) is 3.92. The van der Waals surface area contributed by atoms with Crippen LogP contribution in [0.3, 0.4) is 0 Å². The average molecular weight is 461 g/mol. The summed E-state index contributed by atoms with van der Waals surface area (Å²) in [5.41, 5.74) is 0.824. The van der Waals surface area contributed by atoms with Crippen molar-refractivity contribution in [2.24, 2.45) is 4.99 Å². The molecule has 0 aliphatic rings. The Morgan fingerprint density at radius 1 is 0.906 bits per heavy atom. The first-order chi connectivity index (χ1) is 15.4. The molecule has 2 rings (SSSR count). The summed E-state index contributed by atoms with van der Waals surface area (Å²) in [6, 6.07) is 12.8. The number of carbonyl (C=O) groups excluding carboxylic acids is 3. The van der Waals surface area contributed by atoms with Crippen LogP contribution in [0.25, 0.3) is 0 Å². The van der Waals surface area contributed by atoms with E-state index in [0.29, 0.717) is 11.4 Å². The predicted octanol–water partition coefficient (Wildman–Crippen LogP) is 4.09. The Morgan fingerprint density at radius 2 is 1.59 bits per heavy atom. The maximum atomic E-state index is 12.0. The minimum atomic E-state index is -0.938. The van der Waals surface area contributed by atoms with Gasteiger partial charge in [0.15, 0.2) is 0 Å². The molecule has 0 spiro atoms. The maximum absolute atomic E-state index is 12.0. The van der Waals surface area contributed by atoms with Gasteiger partial charge in [-0.3, -0.25) is 10.1 Å². The average Bonchev–Trinajstić information content (AvgIpc) is 2.80. The van der Waals surface area contributed by atoms with Crippen molar-refractivity contribution in [2.75, 3.05) is 32.0 Å². The van der Waals surface area contributed by atoms with Crippen LogP contribution in [0.4, 0.5) is 21.0 Å². The largest absolute Gasteiger partial charge is 0.497 e. The van der Waals surface area contributed by atoms with E-state index in [1.807, 2.05) is 30.3 Å². The van der Waals surface area contributed by atoms with E-state index in [9.17, 15) is 14.4 Å². The summed E-state index contributed by atoms with van der Waals surface area (Å²) in [4.78, 5) is 40.7. The van der Waals surface area contributed by atoms with Gasteiger partial charge in [0.2, 0.25) is 11.9 Å². The Kier molecular flexibility index (Phi) is 9.36. The maximum Gasteiger partial charge on any atom is 0.436 e. The van der Waals surface area contributed by atoms with Gasteiger partial charge in [0.1, 0.15) is 5.75 Å². The lowest BCUT2D eigenvalue weighted by molar-refractivity contribution is -0.115. The molecule has 0 aliphatic heterocycles. The van der Waals surface area contributed by atoms with Crippen molar-refractivity contribution >= 4 is 47.2 Å². The van der Waals surface area contributed by atoms with Crippen LogP contribution in [-0.2, 0) is 14.3 Å². The topological polar surface area (TPSA) is 127 Å². The van der Waals surface area contributed by atoms with Crippen molar-refractivity contribution in [3.63, 3.8) is 0 Å². The van der Waals surface area contributed by atoms with Crippen molar-refractivity contribution in [1.82, 2.24) is 5.32 Å². The van der Waals surface area contributed by atoms with Gasteiger partial charge in [-0.05, 0) is 42.5 Å². The molecule has 0 saturated heterocycles. The second kappa shape index (κ2) is 12.2. The molecule has 0 aliphatic carbocycles. The van der Waals surface area contributed by atoms with Gasteiger partial charge in [0.05, 0.1) is 32.7 Å². The summed E-state index contributed by atoms with van der Waals surface area (Å²) in [5.74, 6) is 0.296. The number of hydrogen-bond acceptors (Lipinski definition) is 7. The summed E-state index contributed by atoms with van der Waals surface area (Å²) in [6.07, 6.45) is -1.51. The molecule has 2 aromatic carbocycles. The highest BCUT2D eigenvalue weighted by Gasteiger charge is 2.14. The molecule has 170 valence electrons. The fourth-order valence-electron chi connectivity index (χ4n) is 2.32. The first-order valence-corrected chi connectivity index (χ1v) is 10.2. The minimum absolute atomic E-state index is 0.212. The van der Waals surface area contributed by atoms with E-state index in [1.54, 1.807) is 26.2 Å². The predicted molar refractivity (Wildman–Crippen MR) is 121 cm³/mol. The highest BCUT2D eigenvalue weighted by molar-refractivity contribution is 7.99. The quantitative estimate of drug-likeness (QED) is 0.435. The molecule has 3 N–H and O–H groups in total. The number of amides is 3. The molecule has 0 unspecified atom stereocenters. The molecule has 11 heteroatoms. The van der Waals surface area contributed by atoms with Gasteiger partial charge in [-0.2, -0.15) is 0 Å². The number of ether oxygens (including phenoxy) is 3. The van der Waals surface area contributed by atoms with Crippen LogP contribution in [0.1, 0.15) is 13.3 Å². The fraction of sp³-hybridized carbons (Fsp3) is 0.238. The van der Waals surface area contributed by atoms with Crippen molar-refractivity contribution in [3.8, 4) is 5.75 Å².